The van der Waals surface area contributed by atoms with Crippen LogP contribution in [0.2, 0.25) is 0 Å². The standard InChI is InChI=1S/C25H24F2N2O5/c1-25(2)13-29(23(32)14-7-8-18(26)19(27)9-14)10-17(24(33)34-12-15(31)11-30)22-21(25)16-5-3-4-6-20(16)28-22/h3-10,15,28,30-31H,11-13H2,1-2H3/t15-/m1/s1. The highest BCUT2D eigenvalue weighted by Gasteiger charge is 2.37. The van der Waals surface area contributed by atoms with Gasteiger partial charge in [0.15, 0.2) is 11.6 Å². The minimum atomic E-state index is -1.26. The number of halogens is 2. The summed E-state index contributed by atoms with van der Waals surface area (Å²) in [6.07, 6.45) is 0.0640. The predicted molar refractivity (Wildman–Crippen MR) is 121 cm³/mol. The lowest BCUT2D eigenvalue weighted by atomic mass is 9.81. The topological polar surface area (TPSA) is 103 Å². The summed E-state index contributed by atoms with van der Waals surface area (Å²) in [5, 5.41) is 19.5. The van der Waals surface area contributed by atoms with Crippen LogP contribution in [0.4, 0.5) is 8.78 Å². The molecule has 0 unspecified atom stereocenters. The molecule has 2 heterocycles. The quantitative estimate of drug-likeness (QED) is 0.498. The number of esters is 1. The Balaban J connectivity index is 1.83. The average Bonchev–Trinajstić information content (AvgIpc) is 3.16. The van der Waals surface area contributed by atoms with Crippen LogP contribution in [0.15, 0.2) is 48.7 Å². The van der Waals surface area contributed by atoms with Crippen molar-refractivity contribution in [2.24, 2.45) is 0 Å². The van der Waals surface area contributed by atoms with E-state index in [1.807, 2.05) is 38.1 Å². The van der Waals surface area contributed by atoms with Crippen LogP contribution in [0.25, 0.3) is 16.5 Å². The fourth-order valence-electron chi connectivity index (χ4n) is 4.20. The van der Waals surface area contributed by atoms with E-state index in [0.717, 1.165) is 28.6 Å². The van der Waals surface area contributed by atoms with Crippen molar-refractivity contribution in [2.75, 3.05) is 19.8 Å². The van der Waals surface area contributed by atoms with Crippen molar-refractivity contribution in [3.8, 4) is 0 Å². The van der Waals surface area contributed by atoms with Gasteiger partial charge in [-0.05, 0) is 29.8 Å². The van der Waals surface area contributed by atoms with Gasteiger partial charge < -0.3 is 24.8 Å². The maximum Gasteiger partial charge on any atom is 0.341 e. The molecule has 1 aliphatic heterocycles. The molecule has 0 bridgehead atoms. The van der Waals surface area contributed by atoms with Crippen LogP contribution in [0.1, 0.15) is 35.5 Å². The van der Waals surface area contributed by atoms with Crippen LogP contribution in [0.3, 0.4) is 0 Å². The van der Waals surface area contributed by atoms with Crippen molar-refractivity contribution in [3.05, 3.63) is 77.1 Å². The van der Waals surface area contributed by atoms with Gasteiger partial charge in [0.1, 0.15) is 12.7 Å². The van der Waals surface area contributed by atoms with Gasteiger partial charge in [0.25, 0.3) is 5.91 Å². The van der Waals surface area contributed by atoms with Crippen molar-refractivity contribution < 1.29 is 33.3 Å². The van der Waals surface area contributed by atoms with Crippen LogP contribution in [0.5, 0.6) is 0 Å². The Bertz CT molecular complexity index is 1300. The van der Waals surface area contributed by atoms with Crippen molar-refractivity contribution in [1.82, 2.24) is 9.88 Å². The smallest absolute Gasteiger partial charge is 0.341 e. The second-order valence-electron chi connectivity index (χ2n) is 8.84. The van der Waals surface area contributed by atoms with E-state index in [4.69, 9.17) is 9.84 Å². The summed E-state index contributed by atoms with van der Waals surface area (Å²) < 4.78 is 32.4. The number of nitrogens with one attached hydrogen (secondary N) is 1. The van der Waals surface area contributed by atoms with E-state index in [0.29, 0.717) is 5.69 Å². The number of benzene rings is 2. The summed E-state index contributed by atoms with van der Waals surface area (Å²) in [6, 6.07) is 10.3. The molecule has 1 aromatic heterocycles. The number of carbonyl (C=O) groups is 2. The van der Waals surface area contributed by atoms with Crippen LogP contribution < -0.4 is 0 Å². The molecule has 1 amide bonds. The Kier molecular flexibility index (Phi) is 6.24. The number of aromatic nitrogens is 1. The molecule has 1 aliphatic rings. The normalized spacial score (nSPS) is 15.9. The number of aliphatic hydroxyl groups is 2. The van der Waals surface area contributed by atoms with Gasteiger partial charge in [-0.15, -0.1) is 0 Å². The van der Waals surface area contributed by atoms with Gasteiger partial charge in [-0.2, -0.15) is 0 Å². The predicted octanol–water partition coefficient (Wildman–Crippen LogP) is 3.12. The monoisotopic (exact) mass is 470 g/mol. The molecule has 2 aromatic carbocycles. The minimum Gasteiger partial charge on any atom is -0.459 e. The molecule has 9 heteroatoms. The number of carbonyl (C=O) groups excluding carboxylic acids is 2. The Morgan fingerprint density at radius 3 is 2.62 bits per heavy atom. The summed E-state index contributed by atoms with van der Waals surface area (Å²) in [6.45, 7) is 2.93. The largest absolute Gasteiger partial charge is 0.459 e. The van der Waals surface area contributed by atoms with Crippen molar-refractivity contribution in [1.29, 1.82) is 0 Å². The van der Waals surface area contributed by atoms with E-state index < -0.39 is 48.2 Å². The molecular weight excluding hydrogens is 446 g/mol. The summed E-state index contributed by atoms with van der Waals surface area (Å²) in [7, 11) is 0. The second kappa shape index (κ2) is 9.00. The first-order valence-electron chi connectivity index (χ1n) is 10.7. The van der Waals surface area contributed by atoms with Gasteiger partial charge in [0.05, 0.1) is 17.9 Å². The average molecular weight is 470 g/mol. The number of nitrogens with zero attached hydrogens (tertiary/aromatic N) is 1. The Hall–Kier alpha value is -3.56. The molecule has 7 nitrogen and oxygen atoms in total. The number of hydrogen-bond acceptors (Lipinski definition) is 5. The fourth-order valence-corrected chi connectivity index (χ4v) is 4.20. The Labute approximate surface area is 194 Å². The maximum absolute atomic E-state index is 13.8. The number of H-pyrrole nitrogens is 1. The zero-order valence-corrected chi connectivity index (χ0v) is 18.6. The highest BCUT2D eigenvalue weighted by Crippen LogP contribution is 2.40. The number of ether oxygens (including phenoxy) is 1. The lowest BCUT2D eigenvalue weighted by molar-refractivity contribution is -0.140. The third-order valence-corrected chi connectivity index (χ3v) is 5.77. The number of hydrogen-bond donors (Lipinski definition) is 3. The molecule has 3 N–H and O–H groups in total. The molecule has 0 aliphatic carbocycles. The molecule has 0 fully saturated rings. The summed E-state index contributed by atoms with van der Waals surface area (Å²) >= 11 is 0. The minimum absolute atomic E-state index is 0.0258. The molecule has 4 rings (SSSR count). The molecule has 0 spiro atoms. The van der Waals surface area contributed by atoms with E-state index in [9.17, 15) is 23.5 Å². The van der Waals surface area contributed by atoms with Crippen molar-refractivity contribution in [3.63, 3.8) is 0 Å². The van der Waals surface area contributed by atoms with Gasteiger partial charge in [-0.3, -0.25) is 4.79 Å². The number of rotatable bonds is 5. The summed E-state index contributed by atoms with van der Waals surface area (Å²) in [4.78, 5) is 30.9. The van der Waals surface area contributed by atoms with Crippen LogP contribution >= 0.6 is 0 Å². The van der Waals surface area contributed by atoms with Crippen LogP contribution in [0, 0.1) is 11.6 Å². The van der Waals surface area contributed by atoms with Gasteiger partial charge in [0.2, 0.25) is 0 Å². The number of aromatic amines is 1. The molecule has 178 valence electrons. The number of fused-ring (bicyclic) bond motifs is 3. The molecule has 0 radical (unpaired) electrons. The lowest BCUT2D eigenvalue weighted by Gasteiger charge is -2.29. The number of para-hydroxylation sites is 1. The first-order valence-corrected chi connectivity index (χ1v) is 10.7. The molecule has 0 saturated carbocycles. The molecule has 1 atom stereocenters. The van der Waals surface area contributed by atoms with Crippen molar-refractivity contribution >= 4 is 28.4 Å². The van der Waals surface area contributed by atoms with E-state index in [1.165, 1.54) is 17.2 Å². The molecule has 3 aromatic rings. The third kappa shape index (κ3) is 4.32. The van der Waals surface area contributed by atoms with E-state index in [1.54, 1.807) is 0 Å². The van der Waals surface area contributed by atoms with Crippen LogP contribution in [-0.4, -0.2) is 57.8 Å². The highest BCUT2D eigenvalue weighted by molar-refractivity contribution is 6.18. The van der Waals surface area contributed by atoms with E-state index >= 15 is 0 Å². The zero-order chi connectivity index (χ0) is 24.6. The van der Waals surface area contributed by atoms with E-state index in [-0.39, 0.29) is 17.7 Å². The highest BCUT2D eigenvalue weighted by atomic mass is 19.2. The number of aliphatic hydroxyl groups excluding tert-OH is 2. The molecular formula is C25H24F2N2O5. The fraction of sp³-hybridized carbons (Fsp3) is 0.280. The molecule has 34 heavy (non-hydrogen) atoms. The first kappa shape index (κ1) is 23.6. The molecule has 0 saturated heterocycles. The van der Waals surface area contributed by atoms with Gasteiger partial charge >= 0.3 is 5.97 Å². The summed E-state index contributed by atoms with van der Waals surface area (Å²) in [5.41, 5.74) is 1.31. The van der Waals surface area contributed by atoms with Gasteiger partial charge in [0, 0.05) is 34.6 Å². The Morgan fingerprint density at radius 1 is 1.18 bits per heavy atom. The second-order valence-corrected chi connectivity index (χ2v) is 8.84. The maximum atomic E-state index is 13.8. The summed E-state index contributed by atoms with van der Waals surface area (Å²) in [5.74, 6) is -3.67. The third-order valence-electron chi connectivity index (χ3n) is 5.77. The van der Waals surface area contributed by atoms with Crippen LogP contribution in [-0.2, 0) is 14.9 Å². The van der Waals surface area contributed by atoms with E-state index in [2.05, 4.69) is 4.98 Å². The zero-order valence-electron chi connectivity index (χ0n) is 18.6. The SMILES string of the molecule is CC1(C)CN(C(=O)c2ccc(F)c(F)c2)C=C(C(=O)OC[C@H](O)CO)c2[nH]c3ccccc3c21. The van der Waals surface area contributed by atoms with Gasteiger partial charge in [-0.25, -0.2) is 13.6 Å². The lowest BCUT2D eigenvalue weighted by Crippen LogP contribution is -2.37. The van der Waals surface area contributed by atoms with Crippen molar-refractivity contribution in [2.45, 2.75) is 25.4 Å². The first-order chi connectivity index (χ1) is 16.1. The van der Waals surface area contributed by atoms with Gasteiger partial charge in [-0.1, -0.05) is 32.0 Å². The Morgan fingerprint density at radius 2 is 1.91 bits per heavy atom. The number of amides is 1.